The monoisotopic (exact) mass is 287 g/mol. The summed E-state index contributed by atoms with van der Waals surface area (Å²) >= 11 is 7.25. The van der Waals surface area contributed by atoms with Crippen molar-refractivity contribution in [2.45, 2.75) is 13.0 Å². The van der Waals surface area contributed by atoms with Gasteiger partial charge in [-0.05, 0) is 11.6 Å². The Bertz CT molecular complexity index is 426. The molecular weight excluding hydrogens is 274 g/mol. The number of aliphatic carboxylic acids is 1. The van der Waals surface area contributed by atoms with E-state index in [1.807, 2.05) is 18.2 Å². The Morgan fingerprint density at radius 1 is 1.33 bits per heavy atom. The lowest BCUT2D eigenvalue weighted by Crippen LogP contribution is -2.24. The summed E-state index contributed by atoms with van der Waals surface area (Å²) in [6.07, 6.45) is 0.0719. The molecule has 0 spiro atoms. The van der Waals surface area contributed by atoms with E-state index in [-0.39, 0.29) is 18.1 Å². The van der Waals surface area contributed by atoms with E-state index in [0.717, 1.165) is 5.56 Å². The van der Waals surface area contributed by atoms with Crippen LogP contribution in [0.1, 0.15) is 12.0 Å². The number of rotatable bonds is 7. The van der Waals surface area contributed by atoms with Gasteiger partial charge in [0.05, 0.1) is 12.2 Å². The molecule has 1 amide bonds. The van der Waals surface area contributed by atoms with E-state index < -0.39 is 5.97 Å². The van der Waals surface area contributed by atoms with E-state index in [1.165, 1.54) is 11.8 Å². The first-order chi connectivity index (χ1) is 8.59. The fourth-order valence-electron chi connectivity index (χ4n) is 1.21. The summed E-state index contributed by atoms with van der Waals surface area (Å²) in [5.74, 6) is -0.267. The average Bonchev–Trinajstić information content (AvgIpc) is 2.33. The van der Waals surface area contributed by atoms with Gasteiger partial charge in [-0.2, -0.15) is 11.8 Å². The SMILES string of the molecule is O=C(O)CCSCC(=O)NCc1ccccc1Cl. The Morgan fingerprint density at radius 2 is 2.06 bits per heavy atom. The maximum Gasteiger partial charge on any atom is 0.304 e. The molecule has 0 heterocycles. The summed E-state index contributed by atoms with van der Waals surface area (Å²) in [7, 11) is 0. The van der Waals surface area contributed by atoms with Crippen LogP contribution < -0.4 is 5.32 Å². The summed E-state index contributed by atoms with van der Waals surface area (Å²) < 4.78 is 0. The Morgan fingerprint density at radius 3 is 2.72 bits per heavy atom. The lowest BCUT2D eigenvalue weighted by Gasteiger charge is -2.06. The van der Waals surface area contributed by atoms with Crippen molar-refractivity contribution < 1.29 is 14.7 Å². The van der Waals surface area contributed by atoms with Crippen molar-refractivity contribution >= 4 is 35.2 Å². The molecule has 0 bridgehead atoms. The van der Waals surface area contributed by atoms with E-state index in [4.69, 9.17) is 16.7 Å². The molecule has 0 fully saturated rings. The molecule has 18 heavy (non-hydrogen) atoms. The highest BCUT2D eigenvalue weighted by Gasteiger charge is 2.04. The third-order valence-corrected chi connectivity index (χ3v) is 3.46. The van der Waals surface area contributed by atoms with Crippen molar-refractivity contribution in [3.8, 4) is 0 Å². The average molecular weight is 288 g/mol. The number of carboxylic acid groups (broad SMARTS) is 1. The molecule has 0 saturated heterocycles. The fourth-order valence-corrected chi connectivity index (χ4v) is 2.16. The standard InChI is InChI=1S/C12H14ClNO3S/c13-10-4-2-1-3-9(10)7-14-11(15)8-18-6-5-12(16)17/h1-4H,5-8H2,(H,14,15)(H,16,17). The molecule has 2 N–H and O–H groups in total. The van der Waals surface area contributed by atoms with Gasteiger partial charge < -0.3 is 10.4 Å². The van der Waals surface area contributed by atoms with Crippen LogP contribution in [-0.2, 0) is 16.1 Å². The summed E-state index contributed by atoms with van der Waals surface area (Å²) in [6.45, 7) is 0.387. The topological polar surface area (TPSA) is 66.4 Å². The lowest BCUT2D eigenvalue weighted by atomic mass is 10.2. The van der Waals surface area contributed by atoms with E-state index in [0.29, 0.717) is 17.3 Å². The smallest absolute Gasteiger partial charge is 0.304 e. The fraction of sp³-hybridized carbons (Fsp3) is 0.333. The molecule has 0 aromatic heterocycles. The van der Waals surface area contributed by atoms with Gasteiger partial charge in [-0.1, -0.05) is 29.8 Å². The van der Waals surface area contributed by atoms with Crippen molar-refractivity contribution in [1.29, 1.82) is 0 Å². The normalized spacial score (nSPS) is 10.1. The third kappa shape index (κ3) is 5.93. The molecule has 0 aliphatic rings. The second-order valence-corrected chi connectivity index (χ2v) is 5.08. The summed E-state index contributed by atoms with van der Waals surface area (Å²) in [6, 6.07) is 7.30. The molecule has 0 radical (unpaired) electrons. The first kappa shape index (κ1) is 14.9. The number of amides is 1. The first-order valence-electron chi connectivity index (χ1n) is 5.39. The van der Waals surface area contributed by atoms with Crippen molar-refractivity contribution in [3.63, 3.8) is 0 Å². The van der Waals surface area contributed by atoms with Crippen molar-refractivity contribution in [1.82, 2.24) is 5.32 Å². The van der Waals surface area contributed by atoms with E-state index in [1.54, 1.807) is 6.07 Å². The van der Waals surface area contributed by atoms with Gasteiger partial charge in [-0.15, -0.1) is 0 Å². The zero-order valence-electron chi connectivity index (χ0n) is 9.69. The van der Waals surface area contributed by atoms with E-state index >= 15 is 0 Å². The number of hydrogen-bond donors (Lipinski definition) is 2. The molecule has 4 nitrogen and oxygen atoms in total. The molecule has 0 atom stereocenters. The van der Waals surface area contributed by atoms with Gasteiger partial charge in [-0.3, -0.25) is 9.59 Å². The van der Waals surface area contributed by atoms with Crippen LogP contribution in [0.2, 0.25) is 5.02 Å². The number of nitrogens with one attached hydrogen (secondary N) is 1. The largest absolute Gasteiger partial charge is 0.481 e. The van der Waals surface area contributed by atoms with Crippen LogP contribution in [0.4, 0.5) is 0 Å². The molecular formula is C12H14ClNO3S. The van der Waals surface area contributed by atoms with Gasteiger partial charge in [0, 0.05) is 17.3 Å². The summed E-state index contributed by atoms with van der Waals surface area (Å²) in [4.78, 5) is 21.7. The molecule has 98 valence electrons. The van der Waals surface area contributed by atoms with Crippen LogP contribution in [0, 0.1) is 0 Å². The number of thioether (sulfide) groups is 1. The van der Waals surface area contributed by atoms with Crippen LogP contribution in [0.5, 0.6) is 0 Å². The number of carbonyl (C=O) groups excluding carboxylic acids is 1. The highest BCUT2D eigenvalue weighted by atomic mass is 35.5. The zero-order chi connectivity index (χ0) is 13.4. The quantitative estimate of drug-likeness (QED) is 0.754. The Kier molecular flexibility index (Phi) is 6.60. The van der Waals surface area contributed by atoms with Crippen LogP contribution >= 0.6 is 23.4 Å². The summed E-state index contributed by atoms with van der Waals surface area (Å²) in [5.41, 5.74) is 0.864. The Labute approximate surface area is 115 Å². The molecule has 0 unspecified atom stereocenters. The van der Waals surface area contributed by atoms with Crippen LogP contribution in [0.25, 0.3) is 0 Å². The minimum absolute atomic E-state index is 0.0719. The van der Waals surface area contributed by atoms with Gasteiger partial charge in [0.15, 0.2) is 0 Å². The predicted octanol–water partition coefficient (Wildman–Crippen LogP) is 2.16. The number of carbonyl (C=O) groups is 2. The molecule has 0 aliphatic carbocycles. The molecule has 0 aliphatic heterocycles. The Balaban J connectivity index is 2.21. The van der Waals surface area contributed by atoms with Crippen molar-refractivity contribution in [2.75, 3.05) is 11.5 Å². The summed E-state index contributed by atoms with van der Waals surface area (Å²) in [5, 5.41) is 11.8. The number of halogens is 1. The third-order valence-electron chi connectivity index (χ3n) is 2.13. The Hall–Kier alpha value is -1.20. The molecule has 0 saturated carbocycles. The van der Waals surface area contributed by atoms with Crippen LogP contribution in [-0.4, -0.2) is 28.5 Å². The van der Waals surface area contributed by atoms with Gasteiger partial charge in [0.25, 0.3) is 0 Å². The van der Waals surface area contributed by atoms with Crippen LogP contribution in [0.15, 0.2) is 24.3 Å². The minimum atomic E-state index is -0.848. The number of hydrogen-bond acceptors (Lipinski definition) is 3. The minimum Gasteiger partial charge on any atom is -0.481 e. The molecule has 6 heteroatoms. The van der Waals surface area contributed by atoms with Crippen molar-refractivity contribution in [2.24, 2.45) is 0 Å². The van der Waals surface area contributed by atoms with Gasteiger partial charge in [0.2, 0.25) is 5.91 Å². The van der Waals surface area contributed by atoms with Crippen molar-refractivity contribution in [3.05, 3.63) is 34.9 Å². The highest BCUT2D eigenvalue weighted by Crippen LogP contribution is 2.14. The number of carboxylic acids is 1. The zero-order valence-corrected chi connectivity index (χ0v) is 11.3. The van der Waals surface area contributed by atoms with Gasteiger partial charge >= 0.3 is 5.97 Å². The number of benzene rings is 1. The maximum atomic E-state index is 11.4. The second kappa shape index (κ2) is 8.00. The second-order valence-electron chi connectivity index (χ2n) is 3.56. The highest BCUT2D eigenvalue weighted by molar-refractivity contribution is 7.99. The van der Waals surface area contributed by atoms with E-state index in [2.05, 4.69) is 5.32 Å². The van der Waals surface area contributed by atoms with E-state index in [9.17, 15) is 9.59 Å². The maximum absolute atomic E-state index is 11.4. The first-order valence-corrected chi connectivity index (χ1v) is 6.92. The van der Waals surface area contributed by atoms with Crippen LogP contribution in [0.3, 0.4) is 0 Å². The molecule has 1 aromatic carbocycles. The molecule has 1 rings (SSSR count). The van der Waals surface area contributed by atoms with Gasteiger partial charge in [-0.25, -0.2) is 0 Å². The molecule has 1 aromatic rings. The van der Waals surface area contributed by atoms with Gasteiger partial charge in [0.1, 0.15) is 0 Å². The lowest BCUT2D eigenvalue weighted by molar-refractivity contribution is -0.136. The predicted molar refractivity (Wildman–Crippen MR) is 72.9 cm³/mol.